The Kier molecular flexibility index (Phi) is 2.41. The fraction of sp³-hybridized carbons (Fsp3) is 0. The van der Waals surface area contributed by atoms with Gasteiger partial charge in [0, 0.05) is 6.20 Å². The van der Waals surface area contributed by atoms with Gasteiger partial charge in [-0.3, -0.25) is 15.1 Å². The van der Waals surface area contributed by atoms with Gasteiger partial charge in [-0.05, 0) is 15.9 Å². The summed E-state index contributed by atoms with van der Waals surface area (Å²) in [6.07, 6.45) is 2.55. The van der Waals surface area contributed by atoms with Crippen LogP contribution in [-0.2, 0) is 0 Å². The molecule has 0 radical (unpaired) electrons. The molecule has 0 bridgehead atoms. The molecule has 0 aromatic carbocycles. The highest BCUT2D eigenvalue weighted by atomic mass is 79.9. The summed E-state index contributed by atoms with van der Waals surface area (Å²) >= 11 is 8.45. The van der Waals surface area contributed by atoms with Gasteiger partial charge >= 0.3 is 5.69 Å². The van der Waals surface area contributed by atoms with E-state index >= 15 is 0 Å². The third-order valence-corrected chi connectivity index (χ3v) is 1.87. The molecule has 0 N–H and O–H groups in total. The average Bonchev–Trinajstić information content (AvgIpc) is 1.85. The van der Waals surface area contributed by atoms with Crippen LogP contribution in [0.5, 0.6) is 0 Å². The fourth-order valence-corrected chi connectivity index (χ4v) is 1.40. The molecule has 0 spiro atoms. The van der Waals surface area contributed by atoms with E-state index in [-0.39, 0.29) is 15.2 Å². The van der Waals surface area contributed by atoms with Crippen molar-refractivity contribution in [3.63, 3.8) is 0 Å². The van der Waals surface area contributed by atoms with Gasteiger partial charge in [-0.1, -0.05) is 11.6 Å². The van der Waals surface area contributed by atoms with E-state index < -0.39 is 4.92 Å². The Labute approximate surface area is 75.5 Å². The monoisotopic (exact) mass is 236 g/mol. The van der Waals surface area contributed by atoms with Crippen molar-refractivity contribution < 1.29 is 4.92 Å². The van der Waals surface area contributed by atoms with Crippen LogP contribution >= 0.6 is 27.5 Å². The molecule has 0 aliphatic carbocycles. The fourth-order valence-electron chi connectivity index (χ4n) is 0.579. The summed E-state index contributed by atoms with van der Waals surface area (Å²) < 4.78 is 0.287. The summed E-state index contributed by atoms with van der Waals surface area (Å²) in [7, 11) is 0. The summed E-state index contributed by atoms with van der Waals surface area (Å²) in [5.41, 5.74) is -0.151. The van der Waals surface area contributed by atoms with Crippen molar-refractivity contribution in [3.8, 4) is 0 Å². The lowest BCUT2D eigenvalue weighted by atomic mass is 10.4. The van der Waals surface area contributed by atoms with Crippen molar-refractivity contribution in [1.29, 1.82) is 0 Å². The van der Waals surface area contributed by atoms with Crippen molar-refractivity contribution >= 4 is 33.2 Å². The Morgan fingerprint density at radius 1 is 1.64 bits per heavy atom. The second-order valence-corrected chi connectivity index (χ2v) is 2.97. The maximum Gasteiger partial charge on any atom is 0.305 e. The number of aromatic nitrogens is 1. The highest BCUT2D eigenvalue weighted by molar-refractivity contribution is 9.10. The first-order valence-corrected chi connectivity index (χ1v) is 3.73. The molecule has 11 heavy (non-hydrogen) atoms. The zero-order valence-corrected chi connectivity index (χ0v) is 7.46. The number of nitro groups is 1. The van der Waals surface area contributed by atoms with Crippen LogP contribution in [0, 0.1) is 10.1 Å². The molecule has 58 valence electrons. The molecule has 1 aromatic rings. The van der Waals surface area contributed by atoms with E-state index in [2.05, 4.69) is 20.9 Å². The Bertz CT molecular complexity index is 284. The third kappa shape index (κ3) is 1.66. The summed E-state index contributed by atoms with van der Waals surface area (Å²) in [4.78, 5) is 13.4. The topological polar surface area (TPSA) is 56.0 Å². The van der Waals surface area contributed by atoms with Crippen molar-refractivity contribution in [2.45, 2.75) is 0 Å². The van der Waals surface area contributed by atoms with Gasteiger partial charge in [0.1, 0.15) is 9.50 Å². The molecule has 0 fully saturated rings. The lowest BCUT2D eigenvalue weighted by Gasteiger charge is -1.94. The molecule has 0 atom stereocenters. The van der Waals surface area contributed by atoms with Gasteiger partial charge in [0.05, 0.1) is 11.1 Å². The van der Waals surface area contributed by atoms with Gasteiger partial charge in [0.15, 0.2) is 0 Å². The molecule has 4 nitrogen and oxygen atoms in total. The number of hydrogen-bond donors (Lipinski definition) is 0. The number of rotatable bonds is 1. The Hall–Kier alpha value is -0.680. The van der Waals surface area contributed by atoms with E-state index in [1.54, 1.807) is 0 Å². The molecular formula is C5H2BrClN2O2. The zero-order chi connectivity index (χ0) is 8.43. The van der Waals surface area contributed by atoms with E-state index in [1.807, 2.05) is 0 Å². The van der Waals surface area contributed by atoms with Crippen molar-refractivity contribution in [1.82, 2.24) is 4.98 Å². The molecule has 6 heteroatoms. The number of halogens is 2. The Morgan fingerprint density at radius 2 is 2.27 bits per heavy atom. The van der Waals surface area contributed by atoms with Crippen LogP contribution in [0.15, 0.2) is 16.9 Å². The van der Waals surface area contributed by atoms with Crippen LogP contribution in [0.25, 0.3) is 0 Å². The molecular weight excluding hydrogens is 235 g/mol. The Morgan fingerprint density at radius 3 is 2.64 bits per heavy atom. The predicted molar refractivity (Wildman–Crippen MR) is 43.6 cm³/mol. The summed E-state index contributed by atoms with van der Waals surface area (Å²) in [6.45, 7) is 0. The molecule has 0 saturated heterocycles. The normalized spacial score (nSPS) is 9.64. The standard InChI is InChI=1S/C5H2BrClN2O2/c6-3-1-8-2-4(7)5(3)9(10)11/h1-2H. The van der Waals surface area contributed by atoms with Gasteiger partial charge in [0.2, 0.25) is 0 Å². The lowest BCUT2D eigenvalue weighted by molar-refractivity contribution is -0.385. The maximum atomic E-state index is 10.3. The quantitative estimate of drug-likeness (QED) is 0.557. The first-order valence-electron chi connectivity index (χ1n) is 2.56. The molecule has 1 aromatic heterocycles. The summed E-state index contributed by atoms with van der Waals surface area (Å²) in [5.74, 6) is 0. The minimum atomic E-state index is -0.561. The van der Waals surface area contributed by atoms with Crippen LogP contribution in [0.3, 0.4) is 0 Å². The van der Waals surface area contributed by atoms with Gasteiger partial charge < -0.3 is 0 Å². The highest BCUT2D eigenvalue weighted by Crippen LogP contribution is 2.30. The van der Waals surface area contributed by atoms with Crippen LogP contribution < -0.4 is 0 Å². The van der Waals surface area contributed by atoms with Crippen LogP contribution in [0.2, 0.25) is 5.02 Å². The van der Waals surface area contributed by atoms with E-state index in [0.717, 1.165) is 0 Å². The molecule has 0 unspecified atom stereocenters. The first kappa shape index (κ1) is 8.42. The zero-order valence-electron chi connectivity index (χ0n) is 5.12. The van der Waals surface area contributed by atoms with Crippen molar-refractivity contribution in [3.05, 3.63) is 32.0 Å². The van der Waals surface area contributed by atoms with Crippen LogP contribution in [0.1, 0.15) is 0 Å². The minimum absolute atomic E-state index is 0.0318. The number of nitrogens with zero attached hydrogens (tertiary/aromatic N) is 2. The second-order valence-electron chi connectivity index (χ2n) is 1.71. The summed E-state index contributed by atoms with van der Waals surface area (Å²) in [6, 6.07) is 0. The van der Waals surface area contributed by atoms with Gasteiger partial charge in [0.25, 0.3) is 0 Å². The molecule has 0 saturated carbocycles. The minimum Gasteiger partial charge on any atom is -0.261 e. The van der Waals surface area contributed by atoms with Crippen LogP contribution in [-0.4, -0.2) is 9.91 Å². The second kappa shape index (κ2) is 3.15. The lowest BCUT2D eigenvalue weighted by Crippen LogP contribution is -1.90. The molecule has 0 aliphatic rings. The van der Waals surface area contributed by atoms with E-state index in [9.17, 15) is 10.1 Å². The van der Waals surface area contributed by atoms with Gasteiger partial charge in [-0.15, -0.1) is 0 Å². The third-order valence-electron chi connectivity index (χ3n) is 1.01. The smallest absolute Gasteiger partial charge is 0.261 e. The van der Waals surface area contributed by atoms with Crippen molar-refractivity contribution in [2.24, 2.45) is 0 Å². The van der Waals surface area contributed by atoms with E-state index in [4.69, 9.17) is 11.6 Å². The van der Waals surface area contributed by atoms with Gasteiger partial charge in [-0.25, -0.2) is 0 Å². The highest BCUT2D eigenvalue weighted by Gasteiger charge is 2.16. The predicted octanol–water partition coefficient (Wildman–Crippen LogP) is 2.41. The maximum absolute atomic E-state index is 10.3. The Balaban J connectivity index is 3.32. The SMILES string of the molecule is O=[N+]([O-])c1c(Cl)cncc1Br. The molecule has 1 rings (SSSR count). The average molecular weight is 237 g/mol. The van der Waals surface area contributed by atoms with Gasteiger partial charge in [-0.2, -0.15) is 0 Å². The molecule has 0 aliphatic heterocycles. The number of pyridine rings is 1. The van der Waals surface area contributed by atoms with Crippen LogP contribution in [0.4, 0.5) is 5.69 Å². The molecule has 1 heterocycles. The largest absolute Gasteiger partial charge is 0.305 e. The van der Waals surface area contributed by atoms with E-state index in [0.29, 0.717) is 0 Å². The number of hydrogen-bond acceptors (Lipinski definition) is 3. The van der Waals surface area contributed by atoms with Crippen molar-refractivity contribution in [2.75, 3.05) is 0 Å². The summed E-state index contributed by atoms with van der Waals surface area (Å²) in [5, 5.41) is 10.3. The van der Waals surface area contributed by atoms with E-state index in [1.165, 1.54) is 12.4 Å². The first-order chi connectivity index (χ1) is 5.13. The molecule has 0 amide bonds.